The number of aromatic nitrogens is 2. The highest BCUT2D eigenvalue weighted by Gasteiger charge is 2.21. The van der Waals surface area contributed by atoms with E-state index in [1.165, 1.54) is 11.4 Å². The molecular weight excluding hydrogens is 397 g/mol. The van der Waals surface area contributed by atoms with Crippen LogP contribution in [0.3, 0.4) is 0 Å². The van der Waals surface area contributed by atoms with Crippen molar-refractivity contribution in [1.29, 1.82) is 0 Å². The van der Waals surface area contributed by atoms with E-state index in [0.717, 1.165) is 47.7 Å². The van der Waals surface area contributed by atoms with Crippen molar-refractivity contribution < 1.29 is 0 Å². The zero-order valence-electron chi connectivity index (χ0n) is 16.2. The number of hydrogen-bond donors (Lipinski definition) is 0. The number of imidazole rings is 1. The second-order valence-corrected chi connectivity index (χ2v) is 8.32. The third kappa shape index (κ3) is 4.08. The molecule has 1 aromatic carbocycles. The molecule has 0 atom stereocenters. The van der Waals surface area contributed by atoms with Gasteiger partial charge < -0.3 is 4.90 Å². The van der Waals surface area contributed by atoms with Gasteiger partial charge in [-0.25, -0.2) is 4.98 Å². The molecule has 2 heterocycles. The second kappa shape index (κ2) is 8.76. The summed E-state index contributed by atoms with van der Waals surface area (Å²) in [6.07, 6.45) is 6.46. The molecule has 0 saturated carbocycles. The smallest absolute Gasteiger partial charge is 0.147 e. The molecule has 27 heavy (non-hydrogen) atoms. The largest absolute Gasteiger partial charge is 0.355 e. The number of halogens is 2. The highest BCUT2D eigenvalue weighted by atomic mass is 35.5. The summed E-state index contributed by atoms with van der Waals surface area (Å²) in [4.78, 5) is 7.43. The van der Waals surface area contributed by atoms with Crippen LogP contribution in [0.2, 0.25) is 10.0 Å². The Morgan fingerprint density at radius 1 is 1.07 bits per heavy atom. The van der Waals surface area contributed by atoms with Crippen LogP contribution in [0, 0.1) is 6.92 Å². The summed E-state index contributed by atoms with van der Waals surface area (Å²) < 4.78 is 2.23. The lowest BCUT2D eigenvalue weighted by Gasteiger charge is -2.24. The second-order valence-electron chi connectivity index (χ2n) is 6.68. The molecule has 144 valence electrons. The topological polar surface area (TPSA) is 20.5 Å². The summed E-state index contributed by atoms with van der Waals surface area (Å²) in [5, 5.41) is 2.33. The van der Waals surface area contributed by atoms with Gasteiger partial charge in [0.1, 0.15) is 16.5 Å². The van der Waals surface area contributed by atoms with E-state index in [4.69, 9.17) is 28.2 Å². The van der Waals surface area contributed by atoms with E-state index in [9.17, 15) is 0 Å². The minimum Gasteiger partial charge on any atom is -0.355 e. The van der Waals surface area contributed by atoms with Crippen molar-refractivity contribution in [1.82, 2.24) is 9.38 Å². The van der Waals surface area contributed by atoms with Gasteiger partial charge in [-0.15, -0.1) is 11.8 Å². The molecule has 0 unspecified atom stereocenters. The highest BCUT2D eigenvalue weighted by molar-refractivity contribution is 7.98. The van der Waals surface area contributed by atoms with Crippen LogP contribution in [0.5, 0.6) is 0 Å². The van der Waals surface area contributed by atoms with E-state index in [1.807, 2.05) is 12.1 Å². The van der Waals surface area contributed by atoms with Crippen molar-refractivity contribution in [3.8, 4) is 11.1 Å². The zero-order valence-corrected chi connectivity index (χ0v) is 18.5. The van der Waals surface area contributed by atoms with Crippen molar-refractivity contribution in [2.24, 2.45) is 0 Å². The fourth-order valence-electron chi connectivity index (χ4n) is 3.44. The van der Waals surface area contributed by atoms with Gasteiger partial charge in [-0.1, -0.05) is 43.1 Å². The van der Waals surface area contributed by atoms with Crippen LogP contribution < -0.4 is 4.90 Å². The number of hydrogen-bond acceptors (Lipinski definition) is 3. The molecule has 6 heteroatoms. The summed E-state index contributed by atoms with van der Waals surface area (Å²) in [5.74, 6) is 1.18. The molecule has 0 aliphatic heterocycles. The molecule has 3 aromatic rings. The number of benzene rings is 1. The molecule has 0 aliphatic rings. The quantitative estimate of drug-likeness (QED) is 0.384. The maximum absolute atomic E-state index is 6.52. The summed E-state index contributed by atoms with van der Waals surface area (Å²) >= 11 is 14.3. The molecule has 0 saturated heterocycles. The Morgan fingerprint density at radius 2 is 1.78 bits per heavy atom. The first-order chi connectivity index (χ1) is 13.0. The third-order valence-corrected chi connectivity index (χ3v) is 5.71. The van der Waals surface area contributed by atoms with Crippen LogP contribution in [-0.4, -0.2) is 28.7 Å². The van der Waals surface area contributed by atoms with Gasteiger partial charge in [0.25, 0.3) is 0 Å². The van der Waals surface area contributed by atoms with Crippen molar-refractivity contribution in [3.05, 3.63) is 46.1 Å². The molecule has 3 rings (SSSR count). The fourth-order valence-corrected chi connectivity index (χ4v) is 4.54. The number of nitrogens with zero attached hydrogens (tertiary/aromatic N) is 3. The molecule has 2 aromatic heterocycles. The van der Waals surface area contributed by atoms with Crippen molar-refractivity contribution in [3.63, 3.8) is 0 Å². The van der Waals surface area contributed by atoms with Gasteiger partial charge in [-0.2, -0.15) is 0 Å². The van der Waals surface area contributed by atoms with Crippen molar-refractivity contribution >= 4 is 46.4 Å². The predicted octanol–water partition coefficient (Wildman–Crippen LogP) is 6.96. The number of rotatable bonds is 7. The van der Waals surface area contributed by atoms with E-state index in [0.29, 0.717) is 10.0 Å². The summed E-state index contributed by atoms with van der Waals surface area (Å²) in [7, 11) is 0. The summed E-state index contributed by atoms with van der Waals surface area (Å²) in [6.45, 7) is 8.57. The molecule has 0 N–H and O–H groups in total. The first kappa shape index (κ1) is 20.4. The molecule has 0 amide bonds. The number of fused-ring (bicyclic) bond motifs is 1. The first-order valence-electron chi connectivity index (χ1n) is 9.27. The molecule has 0 spiro atoms. The average Bonchev–Trinajstić information content (AvgIpc) is 2.99. The van der Waals surface area contributed by atoms with E-state index in [1.54, 1.807) is 17.8 Å². The van der Waals surface area contributed by atoms with E-state index in [2.05, 4.69) is 48.6 Å². The normalized spacial score (nSPS) is 11.3. The maximum Gasteiger partial charge on any atom is 0.147 e. The molecule has 0 aliphatic carbocycles. The van der Waals surface area contributed by atoms with Crippen LogP contribution in [0.25, 0.3) is 16.8 Å². The molecule has 0 bridgehead atoms. The third-order valence-electron chi connectivity index (χ3n) is 4.50. The fraction of sp³-hybridized carbons (Fsp3) is 0.381. The average molecular weight is 422 g/mol. The molecule has 3 nitrogen and oxygen atoms in total. The van der Waals surface area contributed by atoms with Gasteiger partial charge in [0.2, 0.25) is 0 Å². The van der Waals surface area contributed by atoms with Gasteiger partial charge in [-0.3, -0.25) is 4.40 Å². The van der Waals surface area contributed by atoms with Crippen LogP contribution in [-0.2, 0) is 0 Å². The Kier molecular flexibility index (Phi) is 6.61. The minimum atomic E-state index is 0.637. The van der Waals surface area contributed by atoms with Crippen LogP contribution >= 0.6 is 35.0 Å². The lowest BCUT2D eigenvalue weighted by atomic mass is 10.1. The van der Waals surface area contributed by atoms with Gasteiger partial charge >= 0.3 is 0 Å². The Hall–Kier alpha value is -1.36. The Bertz CT molecular complexity index is 946. The number of thioether (sulfide) groups is 1. The number of aryl methyl sites for hydroxylation is 1. The number of pyridine rings is 1. The van der Waals surface area contributed by atoms with Crippen LogP contribution in [0.15, 0.2) is 35.5 Å². The Morgan fingerprint density at radius 3 is 2.37 bits per heavy atom. The molecule has 0 fully saturated rings. The van der Waals surface area contributed by atoms with Gasteiger partial charge in [-0.05, 0) is 49.8 Å². The monoisotopic (exact) mass is 421 g/mol. The van der Waals surface area contributed by atoms with Crippen molar-refractivity contribution in [2.45, 2.75) is 38.6 Å². The Balaban J connectivity index is 2.29. The van der Waals surface area contributed by atoms with E-state index < -0.39 is 0 Å². The van der Waals surface area contributed by atoms with Crippen LogP contribution in [0.1, 0.15) is 32.3 Å². The lowest BCUT2D eigenvalue weighted by Crippen LogP contribution is -2.26. The SMILES string of the molecule is CCCN(CCC)c1c(SC)nc2c(-c3ccc(Cl)cc3Cl)cc(C)cn12. The summed E-state index contributed by atoms with van der Waals surface area (Å²) in [5.41, 5.74) is 4.09. The lowest BCUT2D eigenvalue weighted by molar-refractivity contribution is 0.723. The minimum absolute atomic E-state index is 0.637. The van der Waals surface area contributed by atoms with Gasteiger partial charge in [0.05, 0.1) is 5.02 Å². The van der Waals surface area contributed by atoms with Crippen LogP contribution in [0.4, 0.5) is 5.82 Å². The van der Waals surface area contributed by atoms with E-state index >= 15 is 0 Å². The molecular formula is C21H25Cl2N3S. The standard InChI is InChI=1S/C21H25Cl2N3S/c1-5-9-25(10-6-2)21-20(27-4)24-19-17(11-14(3)13-26(19)21)16-8-7-15(22)12-18(16)23/h7-8,11-13H,5-6,9-10H2,1-4H3. The summed E-state index contributed by atoms with van der Waals surface area (Å²) in [6, 6.07) is 7.79. The highest BCUT2D eigenvalue weighted by Crippen LogP contribution is 2.38. The van der Waals surface area contributed by atoms with Crippen molar-refractivity contribution in [2.75, 3.05) is 24.2 Å². The Labute approximate surface area is 175 Å². The zero-order chi connectivity index (χ0) is 19.6. The maximum atomic E-state index is 6.52. The van der Waals surface area contributed by atoms with Gasteiger partial charge in [0.15, 0.2) is 0 Å². The predicted molar refractivity (Wildman–Crippen MR) is 120 cm³/mol. The van der Waals surface area contributed by atoms with Gasteiger partial charge in [0, 0.05) is 35.4 Å². The van der Waals surface area contributed by atoms with E-state index in [-0.39, 0.29) is 0 Å². The first-order valence-corrected chi connectivity index (χ1v) is 11.2. The number of anilines is 1. The molecule has 0 radical (unpaired) electrons.